The summed E-state index contributed by atoms with van der Waals surface area (Å²) in [4.78, 5) is 40.5. The highest BCUT2D eigenvalue weighted by molar-refractivity contribution is 7.80. The van der Waals surface area contributed by atoms with Crippen LogP contribution in [0.15, 0.2) is 18.2 Å². The van der Waals surface area contributed by atoms with Crippen LogP contribution >= 0.6 is 12.6 Å². The first-order valence-electron chi connectivity index (χ1n) is 11.6. The maximum atomic E-state index is 13.6. The van der Waals surface area contributed by atoms with Crippen LogP contribution in [0.4, 0.5) is 4.79 Å². The number of nitrogens with one attached hydrogen (secondary N) is 2. The highest BCUT2D eigenvalue weighted by Crippen LogP contribution is 2.28. The number of unbranched alkanes of at least 4 members (excludes halogenated alkanes) is 2. The Labute approximate surface area is 208 Å². The van der Waals surface area contributed by atoms with Crippen molar-refractivity contribution in [3.8, 4) is 6.07 Å². The van der Waals surface area contributed by atoms with Gasteiger partial charge in [-0.2, -0.15) is 17.9 Å². The molecule has 0 heterocycles. The summed E-state index contributed by atoms with van der Waals surface area (Å²) in [7, 11) is 0. The van der Waals surface area contributed by atoms with Crippen LogP contribution in [-0.2, 0) is 14.3 Å². The van der Waals surface area contributed by atoms with Gasteiger partial charge in [0.05, 0.1) is 6.07 Å². The molecule has 0 aliphatic heterocycles. The van der Waals surface area contributed by atoms with E-state index in [1.54, 1.807) is 20.8 Å². The van der Waals surface area contributed by atoms with Crippen molar-refractivity contribution in [3.05, 3.63) is 34.9 Å². The smallest absolute Gasteiger partial charge is 0.408 e. The minimum atomic E-state index is -1.08. The SMILES string of the molecule is CCCCCNC(=O)C(c1c(C)cccc1C)N(CC#N)C(=O)C(CS)NC(=O)OC(C)(C)C. The zero-order chi connectivity index (χ0) is 25.9. The van der Waals surface area contributed by atoms with Crippen LogP contribution in [0.5, 0.6) is 0 Å². The van der Waals surface area contributed by atoms with Crippen LogP contribution in [0.2, 0.25) is 0 Å². The molecule has 188 valence electrons. The number of alkyl carbamates (subject to hydrolysis) is 1. The summed E-state index contributed by atoms with van der Waals surface area (Å²) < 4.78 is 5.27. The van der Waals surface area contributed by atoms with Gasteiger partial charge in [-0.25, -0.2) is 4.79 Å². The zero-order valence-electron chi connectivity index (χ0n) is 21.1. The number of aryl methyl sites for hydroxylation is 2. The second-order valence-electron chi connectivity index (χ2n) is 9.21. The number of ether oxygens (including phenoxy) is 1. The average molecular weight is 491 g/mol. The van der Waals surface area contributed by atoms with Gasteiger partial charge in [-0.1, -0.05) is 38.0 Å². The second kappa shape index (κ2) is 13.9. The Kier molecular flexibility index (Phi) is 11.9. The highest BCUT2D eigenvalue weighted by atomic mass is 32.1. The van der Waals surface area contributed by atoms with E-state index in [0.717, 1.165) is 30.4 Å². The van der Waals surface area contributed by atoms with Gasteiger partial charge in [0.2, 0.25) is 11.8 Å². The fraction of sp³-hybridized carbons (Fsp3) is 0.600. The lowest BCUT2D eigenvalue weighted by Crippen LogP contribution is -2.54. The molecule has 3 amide bonds. The zero-order valence-corrected chi connectivity index (χ0v) is 22.0. The van der Waals surface area contributed by atoms with E-state index in [2.05, 4.69) is 30.2 Å². The fourth-order valence-corrected chi connectivity index (χ4v) is 3.83. The van der Waals surface area contributed by atoms with Crippen molar-refractivity contribution in [1.29, 1.82) is 5.26 Å². The van der Waals surface area contributed by atoms with Crippen LogP contribution in [0, 0.1) is 25.2 Å². The molecule has 0 fully saturated rings. The Bertz CT molecular complexity index is 872. The quantitative estimate of drug-likeness (QED) is 0.248. The molecule has 0 saturated heterocycles. The molecule has 1 aromatic rings. The predicted octanol–water partition coefficient (Wildman–Crippen LogP) is 3.83. The molecule has 0 aliphatic rings. The van der Waals surface area contributed by atoms with E-state index in [1.807, 2.05) is 38.1 Å². The van der Waals surface area contributed by atoms with Gasteiger partial charge in [0, 0.05) is 12.3 Å². The van der Waals surface area contributed by atoms with Crippen molar-refractivity contribution in [2.45, 2.75) is 78.5 Å². The summed E-state index contributed by atoms with van der Waals surface area (Å²) in [5, 5.41) is 15.0. The van der Waals surface area contributed by atoms with Crippen molar-refractivity contribution in [3.63, 3.8) is 0 Å². The summed E-state index contributed by atoms with van der Waals surface area (Å²) in [5.41, 5.74) is 1.56. The Morgan fingerprint density at radius 1 is 1.18 bits per heavy atom. The molecule has 0 radical (unpaired) electrons. The molecule has 1 aromatic carbocycles. The van der Waals surface area contributed by atoms with Gasteiger partial charge in [-0.05, 0) is 57.7 Å². The Morgan fingerprint density at radius 2 is 1.79 bits per heavy atom. The van der Waals surface area contributed by atoms with Gasteiger partial charge in [-0.3, -0.25) is 9.59 Å². The monoisotopic (exact) mass is 490 g/mol. The molecule has 2 N–H and O–H groups in total. The number of amides is 3. The fourth-order valence-electron chi connectivity index (χ4n) is 3.58. The van der Waals surface area contributed by atoms with E-state index in [-0.39, 0.29) is 18.2 Å². The molecule has 8 nitrogen and oxygen atoms in total. The molecule has 0 bridgehead atoms. The number of hydrogen-bond donors (Lipinski definition) is 3. The van der Waals surface area contributed by atoms with E-state index in [9.17, 15) is 19.6 Å². The lowest BCUT2D eigenvalue weighted by Gasteiger charge is -2.34. The lowest BCUT2D eigenvalue weighted by molar-refractivity contribution is -0.141. The van der Waals surface area contributed by atoms with Gasteiger partial charge in [-0.15, -0.1) is 0 Å². The number of carbonyl (C=O) groups excluding carboxylic acids is 3. The summed E-state index contributed by atoms with van der Waals surface area (Å²) in [6, 6.07) is 5.49. The first-order valence-corrected chi connectivity index (χ1v) is 12.2. The van der Waals surface area contributed by atoms with Crippen LogP contribution in [0.1, 0.15) is 69.7 Å². The van der Waals surface area contributed by atoms with E-state index in [0.29, 0.717) is 12.1 Å². The third kappa shape index (κ3) is 8.90. The van der Waals surface area contributed by atoms with Crippen molar-refractivity contribution in [2.75, 3.05) is 18.8 Å². The molecule has 34 heavy (non-hydrogen) atoms. The minimum absolute atomic E-state index is 0.0302. The molecule has 0 spiro atoms. The Hall–Kier alpha value is -2.73. The van der Waals surface area contributed by atoms with E-state index in [4.69, 9.17) is 4.74 Å². The van der Waals surface area contributed by atoms with Crippen LogP contribution < -0.4 is 10.6 Å². The standard InChI is InChI=1S/C25H38N4O4S/c1-7-8-9-14-27-22(30)21(20-17(2)11-10-12-18(20)3)29(15-13-26)23(31)19(16-34)28-24(32)33-25(4,5)6/h10-12,19,21,34H,7-9,14-16H2,1-6H3,(H,27,30)(H,28,32). The predicted molar refractivity (Wildman–Crippen MR) is 136 cm³/mol. The van der Waals surface area contributed by atoms with Gasteiger partial charge >= 0.3 is 6.09 Å². The lowest BCUT2D eigenvalue weighted by atomic mass is 9.93. The molecule has 2 atom stereocenters. The van der Waals surface area contributed by atoms with Crippen LogP contribution in [0.3, 0.4) is 0 Å². The Balaban J connectivity index is 3.36. The highest BCUT2D eigenvalue weighted by Gasteiger charge is 2.37. The average Bonchev–Trinajstić information content (AvgIpc) is 2.74. The molecule has 0 saturated carbocycles. The maximum absolute atomic E-state index is 13.6. The second-order valence-corrected chi connectivity index (χ2v) is 9.58. The van der Waals surface area contributed by atoms with E-state index >= 15 is 0 Å². The largest absolute Gasteiger partial charge is 0.444 e. The summed E-state index contributed by atoms with van der Waals surface area (Å²) in [6.07, 6.45) is 2.02. The number of thiol groups is 1. The third-order valence-electron chi connectivity index (χ3n) is 5.15. The number of rotatable bonds is 11. The number of nitriles is 1. The van der Waals surface area contributed by atoms with Crippen LogP contribution in [0.25, 0.3) is 0 Å². The van der Waals surface area contributed by atoms with E-state index in [1.165, 1.54) is 4.90 Å². The number of nitrogens with zero attached hydrogens (tertiary/aromatic N) is 2. The van der Waals surface area contributed by atoms with Gasteiger partial charge in [0.25, 0.3) is 0 Å². The summed E-state index contributed by atoms with van der Waals surface area (Å²) in [6.45, 7) is 11.1. The van der Waals surface area contributed by atoms with Crippen molar-refractivity contribution in [1.82, 2.24) is 15.5 Å². The normalized spacial score (nSPS) is 12.8. The third-order valence-corrected chi connectivity index (χ3v) is 5.52. The minimum Gasteiger partial charge on any atom is -0.444 e. The van der Waals surface area contributed by atoms with Crippen LogP contribution in [-0.4, -0.2) is 53.3 Å². The van der Waals surface area contributed by atoms with Gasteiger partial charge in [0.15, 0.2) is 0 Å². The molecular formula is C25H38N4O4S. The summed E-state index contributed by atoms with van der Waals surface area (Å²) in [5.74, 6) is -0.983. The topological polar surface area (TPSA) is 112 Å². The molecule has 2 unspecified atom stereocenters. The number of benzene rings is 1. The van der Waals surface area contributed by atoms with Crippen molar-refractivity contribution < 1.29 is 19.1 Å². The van der Waals surface area contributed by atoms with Crippen molar-refractivity contribution in [2.24, 2.45) is 0 Å². The molecule has 0 aliphatic carbocycles. The first kappa shape index (κ1) is 29.3. The molecule has 0 aromatic heterocycles. The molecular weight excluding hydrogens is 452 g/mol. The summed E-state index contributed by atoms with van der Waals surface area (Å²) >= 11 is 4.23. The van der Waals surface area contributed by atoms with E-state index < -0.39 is 29.7 Å². The molecule has 1 rings (SSSR count). The van der Waals surface area contributed by atoms with Gasteiger partial charge in [0.1, 0.15) is 24.2 Å². The molecule has 9 heteroatoms. The van der Waals surface area contributed by atoms with Gasteiger partial charge < -0.3 is 20.3 Å². The number of carbonyl (C=O) groups is 3. The Morgan fingerprint density at radius 3 is 2.29 bits per heavy atom. The first-order chi connectivity index (χ1) is 16.0. The van der Waals surface area contributed by atoms with Crippen molar-refractivity contribution >= 4 is 30.5 Å². The number of hydrogen-bond acceptors (Lipinski definition) is 6. The maximum Gasteiger partial charge on any atom is 0.408 e.